The number of Topliss-reactive ketones (excluding diaryl/α,β-unsaturated/α-hetero) is 1. The summed E-state index contributed by atoms with van der Waals surface area (Å²) in [5.41, 5.74) is 1.42. The van der Waals surface area contributed by atoms with Gasteiger partial charge in [-0.1, -0.05) is 6.92 Å². The summed E-state index contributed by atoms with van der Waals surface area (Å²) >= 11 is 0. The molecule has 1 amide bonds. The van der Waals surface area contributed by atoms with Gasteiger partial charge in [0.15, 0.2) is 5.78 Å². The third-order valence-corrected chi connectivity index (χ3v) is 2.91. The fraction of sp³-hybridized carbons (Fsp3) is 0.385. The summed E-state index contributed by atoms with van der Waals surface area (Å²) in [5.74, 6) is 0.0204. The highest BCUT2D eigenvalue weighted by molar-refractivity contribution is 5.95. The van der Waals surface area contributed by atoms with Crippen LogP contribution in [-0.2, 0) is 4.74 Å². The van der Waals surface area contributed by atoms with Crippen LogP contribution in [0.2, 0.25) is 0 Å². The lowest BCUT2D eigenvalue weighted by Gasteiger charge is -2.12. The zero-order chi connectivity index (χ0) is 12.4. The molecule has 1 aromatic carbocycles. The molecule has 0 saturated carbocycles. The number of benzene rings is 1. The summed E-state index contributed by atoms with van der Waals surface area (Å²) < 4.78 is 5.18. The Kier molecular flexibility index (Phi) is 3.13. The number of cyclic esters (lactones) is 1. The van der Waals surface area contributed by atoms with Gasteiger partial charge in [0.1, 0.15) is 6.10 Å². The number of carbonyl (C=O) groups is 2. The number of carbonyl (C=O) groups excluding carboxylic acids is 2. The van der Waals surface area contributed by atoms with Crippen molar-refractivity contribution in [2.24, 2.45) is 0 Å². The van der Waals surface area contributed by atoms with Gasteiger partial charge < -0.3 is 4.74 Å². The quantitative estimate of drug-likeness (QED) is 0.754. The van der Waals surface area contributed by atoms with Gasteiger partial charge in [0.05, 0.1) is 6.54 Å². The van der Waals surface area contributed by atoms with E-state index in [4.69, 9.17) is 4.74 Å². The van der Waals surface area contributed by atoms with Crippen LogP contribution in [0.4, 0.5) is 10.5 Å². The number of rotatable bonds is 3. The monoisotopic (exact) mass is 233 g/mol. The molecule has 4 nitrogen and oxygen atoms in total. The standard InChI is InChI=1S/C13H15NO3/c1-3-12-8-14(13(16)17-12)11-6-4-10(5-7-11)9(2)15/h4-7,12H,3,8H2,1-2H3/t12-/m0/s1. The molecule has 17 heavy (non-hydrogen) atoms. The van der Waals surface area contributed by atoms with E-state index in [9.17, 15) is 9.59 Å². The fourth-order valence-electron chi connectivity index (χ4n) is 1.82. The molecule has 1 atom stereocenters. The lowest BCUT2D eigenvalue weighted by atomic mass is 10.1. The maximum Gasteiger partial charge on any atom is 0.414 e. The molecular formula is C13H15NO3. The van der Waals surface area contributed by atoms with Gasteiger partial charge >= 0.3 is 6.09 Å². The first-order chi connectivity index (χ1) is 8.11. The molecule has 0 aliphatic carbocycles. The molecule has 0 N–H and O–H groups in total. The van der Waals surface area contributed by atoms with Crippen molar-refractivity contribution in [1.82, 2.24) is 0 Å². The van der Waals surface area contributed by atoms with Gasteiger partial charge in [-0.3, -0.25) is 9.69 Å². The summed E-state index contributed by atoms with van der Waals surface area (Å²) in [6, 6.07) is 7.00. The molecule has 4 heteroatoms. The Labute approximate surface area is 100 Å². The highest BCUT2D eigenvalue weighted by atomic mass is 16.6. The summed E-state index contributed by atoms with van der Waals surface area (Å²) in [5, 5.41) is 0. The predicted molar refractivity (Wildman–Crippen MR) is 64.4 cm³/mol. The lowest BCUT2D eigenvalue weighted by molar-refractivity contribution is 0.101. The molecule has 0 aromatic heterocycles. The van der Waals surface area contributed by atoms with Gasteiger partial charge in [0.25, 0.3) is 0 Å². The van der Waals surface area contributed by atoms with E-state index in [1.54, 1.807) is 29.2 Å². The first-order valence-corrected chi connectivity index (χ1v) is 5.71. The molecule has 0 unspecified atom stereocenters. The van der Waals surface area contributed by atoms with Crippen LogP contribution in [-0.4, -0.2) is 24.5 Å². The Morgan fingerprint density at radius 3 is 2.53 bits per heavy atom. The molecule has 1 saturated heterocycles. The van der Waals surface area contributed by atoms with Crippen molar-refractivity contribution in [2.45, 2.75) is 26.4 Å². The fourth-order valence-corrected chi connectivity index (χ4v) is 1.82. The van der Waals surface area contributed by atoms with Crippen molar-refractivity contribution in [2.75, 3.05) is 11.4 Å². The Morgan fingerprint density at radius 2 is 2.06 bits per heavy atom. The summed E-state index contributed by atoms with van der Waals surface area (Å²) in [6.07, 6.45) is 0.468. The summed E-state index contributed by atoms with van der Waals surface area (Å²) in [4.78, 5) is 24.3. The maximum atomic E-state index is 11.6. The van der Waals surface area contributed by atoms with Crippen LogP contribution >= 0.6 is 0 Å². The van der Waals surface area contributed by atoms with Gasteiger partial charge in [0, 0.05) is 11.3 Å². The van der Waals surface area contributed by atoms with Crippen molar-refractivity contribution in [1.29, 1.82) is 0 Å². The first kappa shape index (κ1) is 11.6. The van der Waals surface area contributed by atoms with Crippen molar-refractivity contribution < 1.29 is 14.3 Å². The summed E-state index contributed by atoms with van der Waals surface area (Å²) in [7, 11) is 0. The molecule has 0 radical (unpaired) electrons. The number of ketones is 1. The Hall–Kier alpha value is -1.84. The number of ether oxygens (including phenoxy) is 1. The normalized spacial score (nSPS) is 19.3. The molecule has 1 aliphatic rings. The van der Waals surface area contributed by atoms with Crippen molar-refractivity contribution in [3.8, 4) is 0 Å². The van der Waals surface area contributed by atoms with Crippen LogP contribution in [0, 0.1) is 0 Å². The van der Waals surface area contributed by atoms with Crippen molar-refractivity contribution in [3.05, 3.63) is 29.8 Å². The lowest BCUT2D eigenvalue weighted by Crippen LogP contribution is -2.24. The van der Waals surface area contributed by atoms with Crippen LogP contribution < -0.4 is 4.90 Å². The van der Waals surface area contributed by atoms with Crippen LogP contribution in [0.25, 0.3) is 0 Å². The molecule has 1 fully saturated rings. The van der Waals surface area contributed by atoms with Crippen LogP contribution in [0.3, 0.4) is 0 Å². The molecular weight excluding hydrogens is 218 g/mol. The van der Waals surface area contributed by atoms with Crippen molar-refractivity contribution in [3.63, 3.8) is 0 Å². The van der Waals surface area contributed by atoms with Crippen LogP contribution in [0.15, 0.2) is 24.3 Å². The van der Waals surface area contributed by atoms with E-state index >= 15 is 0 Å². The van der Waals surface area contributed by atoms with Crippen molar-refractivity contribution >= 4 is 17.6 Å². The Morgan fingerprint density at radius 1 is 1.41 bits per heavy atom. The SMILES string of the molecule is CC[C@H]1CN(c2ccc(C(C)=O)cc2)C(=O)O1. The van der Waals surface area contributed by atoms with Gasteiger partial charge in [0.2, 0.25) is 0 Å². The second kappa shape index (κ2) is 4.57. The third-order valence-electron chi connectivity index (χ3n) is 2.91. The number of hydrogen-bond donors (Lipinski definition) is 0. The highest BCUT2D eigenvalue weighted by Crippen LogP contribution is 2.23. The van der Waals surface area contributed by atoms with E-state index in [-0.39, 0.29) is 18.0 Å². The number of nitrogens with zero attached hydrogens (tertiary/aromatic N) is 1. The Balaban J connectivity index is 2.18. The smallest absolute Gasteiger partial charge is 0.414 e. The van der Waals surface area contributed by atoms with E-state index in [2.05, 4.69) is 0 Å². The Bertz CT molecular complexity index is 438. The second-order valence-electron chi connectivity index (χ2n) is 4.13. The average molecular weight is 233 g/mol. The van der Waals surface area contributed by atoms with Gasteiger partial charge in [-0.05, 0) is 37.6 Å². The zero-order valence-electron chi connectivity index (χ0n) is 9.97. The van der Waals surface area contributed by atoms with Crippen LogP contribution in [0.5, 0.6) is 0 Å². The summed E-state index contributed by atoms with van der Waals surface area (Å²) in [6.45, 7) is 4.08. The minimum Gasteiger partial charge on any atom is -0.444 e. The molecule has 90 valence electrons. The van der Waals surface area contributed by atoms with E-state index < -0.39 is 0 Å². The van der Waals surface area contributed by atoms with Crippen LogP contribution in [0.1, 0.15) is 30.6 Å². The predicted octanol–water partition coefficient (Wildman–Crippen LogP) is 2.62. The number of hydrogen-bond acceptors (Lipinski definition) is 3. The van der Waals surface area contributed by atoms with E-state index in [1.807, 2.05) is 6.92 Å². The largest absolute Gasteiger partial charge is 0.444 e. The number of amides is 1. The average Bonchev–Trinajstić information content (AvgIpc) is 2.71. The molecule has 0 bridgehead atoms. The van der Waals surface area contributed by atoms with Gasteiger partial charge in [-0.25, -0.2) is 4.79 Å². The third kappa shape index (κ3) is 2.30. The topological polar surface area (TPSA) is 46.6 Å². The van der Waals surface area contributed by atoms with Gasteiger partial charge in [-0.15, -0.1) is 0 Å². The van der Waals surface area contributed by atoms with E-state index in [0.29, 0.717) is 12.1 Å². The minimum absolute atomic E-state index is 0.0204. The zero-order valence-corrected chi connectivity index (χ0v) is 9.97. The minimum atomic E-state index is -0.313. The highest BCUT2D eigenvalue weighted by Gasteiger charge is 2.30. The molecule has 1 heterocycles. The molecule has 0 spiro atoms. The number of anilines is 1. The molecule has 2 rings (SSSR count). The molecule has 1 aromatic rings. The second-order valence-corrected chi connectivity index (χ2v) is 4.13. The maximum absolute atomic E-state index is 11.6. The van der Waals surface area contributed by atoms with Gasteiger partial charge in [-0.2, -0.15) is 0 Å². The van der Waals surface area contributed by atoms with E-state index in [1.165, 1.54) is 6.92 Å². The first-order valence-electron chi connectivity index (χ1n) is 5.71. The molecule has 1 aliphatic heterocycles. The van der Waals surface area contributed by atoms with E-state index in [0.717, 1.165) is 12.1 Å².